The van der Waals surface area contributed by atoms with Crippen LogP contribution in [-0.2, 0) is 25.7 Å². The Morgan fingerprint density at radius 1 is 1.08 bits per heavy atom. The summed E-state index contributed by atoms with van der Waals surface area (Å²) in [4.78, 5) is 53.2. The van der Waals surface area contributed by atoms with E-state index in [9.17, 15) is 19.2 Å². The number of nitrogens with two attached hydrogens (primary N) is 1. The highest BCUT2D eigenvalue weighted by Gasteiger charge is 2.36. The summed E-state index contributed by atoms with van der Waals surface area (Å²) in [6.07, 6.45) is 0.843. The van der Waals surface area contributed by atoms with Gasteiger partial charge in [0.15, 0.2) is 0 Å². The van der Waals surface area contributed by atoms with Crippen molar-refractivity contribution in [1.82, 2.24) is 15.5 Å². The van der Waals surface area contributed by atoms with Crippen LogP contribution in [0.2, 0.25) is 0 Å². The van der Waals surface area contributed by atoms with Gasteiger partial charge in [0, 0.05) is 13.1 Å². The number of carbonyl (C=O) groups is 4. The van der Waals surface area contributed by atoms with Crippen LogP contribution in [-0.4, -0.2) is 46.9 Å². The molecule has 204 valence electrons. The first kappa shape index (κ1) is 30.1. The van der Waals surface area contributed by atoms with Crippen molar-refractivity contribution in [1.29, 1.82) is 0 Å². The first-order chi connectivity index (χ1) is 17.9. The van der Waals surface area contributed by atoms with E-state index >= 15 is 0 Å². The maximum atomic E-state index is 13.9. The lowest BCUT2D eigenvalue weighted by Gasteiger charge is -2.34. The summed E-state index contributed by atoms with van der Waals surface area (Å²) in [5, 5.41) is 5.39. The second-order valence-electron chi connectivity index (χ2n) is 9.88. The Balaban J connectivity index is 2.47. The normalized spacial score (nSPS) is 12.5. The van der Waals surface area contributed by atoms with Gasteiger partial charge in [0.2, 0.25) is 17.7 Å². The lowest BCUT2D eigenvalue weighted by Crippen LogP contribution is -2.54. The molecule has 9 heteroatoms. The summed E-state index contributed by atoms with van der Waals surface area (Å²) < 4.78 is 5.29. The molecule has 38 heavy (non-hydrogen) atoms. The van der Waals surface area contributed by atoms with Crippen LogP contribution in [0.15, 0.2) is 61.2 Å². The zero-order valence-corrected chi connectivity index (χ0v) is 22.5. The molecule has 0 spiro atoms. The van der Waals surface area contributed by atoms with Crippen LogP contribution in [0.1, 0.15) is 63.3 Å². The van der Waals surface area contributed by atoms with Crippen molar-refractivity contribution in [3.05, 3.63) is 77.9 Å². The van der Waals surface area contributed by atoms with E-state index in [4.69, 9.17) is 10.5 Å². The molecular weight excluding hydrogens is 484 g/mol. The molecule has 4 amide bonds. The topological polar surface area (TPSA) is 131 Å². The van der Waals surface area contributed by atoms with E-state index in [1.165, 1.54) is 4.90 Å². The second-order valence-corrected chi connectivity index (χ2v) is 9.88. The lowest BCUT2D eigenvalue weighted by atomic mass is 9.99. The summed E-state index contributed by atoms with van der Waals surface area (Å²) in [5.41, 5.74) is 6.82. The predicted molar refractivity (Wildman–Crippen MR) is 147 cm³/mol. The van der Waals surface area contributed by atoms with E-state index < -0.39 is 47.9 Å². The van der Waals surface area contributed by atoms with Gasteiger partial charge in [-0.3, -0.25) is 14.4 Å². The molecule has 0 saturated heterocycles. The number of primary amides is 1. The van der Waals surface area contributed by atoms with Crippen LogP contribution < -0.4 is 16.4 Å². The highest BCUT2D eigenvalue weighted by molar-refractivity contribution is 5.94. The van der Waals surface area contributed by atoms with Gasteiger partial charge in [-0.05, 0) is 49.9 Å². The minimum Gasteiger partial charge on any atom is -0.444 e. The van der Waals surface area contributed by atoms with Crippen molar-refractivity contribution in [3.8, 4) is 0 Å². The Hall–Kier alpha value is -4.14. The molecule has 2 rings (SSSR count). The SMILES string of the molecule is C=Cc1cccc(C(C(=O)NCc2ccccc2)N(CCC)C(=O)C(CC(N)=O)NC(=O)OC(C)(C)C)c1. The van der Waals surface area contributed by atoms with E-state index in [-0.39, 0.29) is 13.1 Å². The largest absolute Gasteiger partial charge is 0.444 e. The lowest BCUT2D eigenvalue weighted by molar-refractivity contribution is -0.143. The molecule has 4 N–H and O–H groups in total. The van der Waals surface area contributed by atoms with E-state index in [0.29, 0.717) is 12.0 Å². The third-order valence-electron chi connectivity index (χ3n) is 5.47. The maximum Gasteiger partial charge on any atom is 0.408 e. The molecule has 0 aliphatic heterocycles. The fourth-order valence-electron chi connectivity index (χ4n) is 3.87. The fourth-order valence-corrected chi connectivity index (χ4v) is 3.87. The number of carbonyl (C=O) groups excluding carboxylic acids is 4. The predicted octanol–water partition coefficient (Wildman–Crippen LogP) is 3.69. The average molecular weight is 523 g/mol. The number of rotatable bonds is 12. The number of nitrogens with zero attached hydrogens (tertiary/aromatic N) is 1. The van der Waals surface area contributed by atoms with Crippen LogP contribution in [0.4, 0.5) is 4.79 Å². The van der Waals surface area contributed by atoms with Gasteiger partial charge in [0.05, 0.1) is 6.42 Å². The number of hydrogen-bond acceptors (Lipinski definition) is 5. The maximum absolute atomic E-state index is 13.9. The van der Waals surface area contributed by atoms with Crippen molar-refractivity contribution in [3.63, 3.8) is 0 Å². The van der Waals surface area contributed by atoms with Gasteiger partial charge < -0.3 is 26.0 Å². The van der Waals surface area contributed by atoms with Crippen molar-refractivity contribution in [2.75, 3.05) is 6.54 Å². The Bertz CT molecular complexity index is 1130. The first-order valence-corrected chi connectivity index (χ1v) is 12.6. The van der Waals surface area contributed by atoms with Gasteiger partial charge in [-0.25, -0.2) is 4.79 Å². The van der Waals surface area contributed by atoms with Crippen LogP contribution in [0.3, 0.4) is 0 Å². The Kier molecular flexibility index (Phi) is 11.1. The summed E-state index contributed by atoms with van der Waals surface area (Å²) in [5.74, 6) is -1.82. The molecular formula is C29H38N4O5. The monoisotopic (exact) mass is 522 g/mol. The Morgan fingerprint density at radius 3 is 2.34 bits per heavy atom. The van der Waals surface area contributed by atoms with Gasteiger partial charge in [-0.15, -0.1) is 0 Å². The minimum atomic E-state index is -1.32. The molecule has 0 aromatic heterocycles. The summed E-state index contributed by atoms with van der Waals surface area (Å²) in [6.45, 7) is 11.1. The molecule has 0 aliphatic carbocycles. The number of hydrogen-bond donors (Lipinski definition) is 3. The zero-order valence-electron chi connectivity index (χ0n) is 22.5. The van der Waals surface area contributed by atoms with Crippen LogP contribution in [0.25, 0.3) is 6.08 Å². The van der Waals surface area contributed by atoms with Crippen LogP contribution in [0, 0.1) is 0 Å². The van der Waals surface area contributed by atoms with Crippen molar-refractivity contribution in [2.24, 2.45) is 5.73 Å². The van der Waals surface area contributed by atoms with Gasteiger partial charge in [-0.1, -0.05) is 68.1 Å². The molecule has 0 aliphatic rings. The van der Waals surface area contributed by atoms with Gasteiger partial charge in [-0.2, -0.15) is 0 Å². The smallest absolute Gasteiger partial charge is 0.408 e. The van der Waals surface area contributed by atoms with Gasteiger partial charge >= 0.3 is 6.09 Å². The molecule has 2 aromatic rings. The molecule has 0 fully saturated rings. The minimum absolute atomic E-state index is 0.186. The second kappa shape index (κ2) is 14.0. The molecule has 0 heterocycles. The van der Waals surface area contributed by atoms with Gasteiger partial charge in [0.25, 0.3) is 0 Å². The summed E-state index contributed by atoms with van der Waals surface area (Å²) >= 11 is 0. The Labute approximate surface area is 224 Å². The third kappa shape index (κ3) is 9.38. The highest BCUT2D eigenvalue weighted by atomic mass is 16.6. The van der Waals surface area contributed by atoms with Gasteiger partial charge in [0.1, 0.15) is 17.7 Å². The number of ether oxygens (including phenoxy) is 1. The molecule has 0 saturated carbocycles. The fraction of sp³-hybridized carbons (Fsp3) is 0.379. The van der Waals surface area contributed by atoms with E-state index in [2.05, 4.69) is 17.2 Å². The molecule has 2 aromatic carbocycles. The van der Waals surface area contributed by atoms with Crippen molar-refractivity contribution >= 4 is 29.9 Å². The number of amides is 4. The molecule has 2 unspecified atom stereocenters. The number of nitrogens with one attached hydrogen (secondary N) is 2. The highest BCUT2D eigenvalue weighted by Crippen LogP contribution is 2.25. The Morgan fingerprint density at radius 2 is 1.76 bits per heavy atom. The van der Waals surface area contributed by atoms with Crippen molar-refractivity contribution in [2.45, 2.75) is 64.8 Å². The number of alkyl carbamates (subject to hydrolysis) is 1. The number of benzene rings is 2. The summed E-state index contributed by atoms with van der Waals surface area (Å²) in [6, 6.07) is 14.2. The molecule has 0 radical (unpaired) electrons. The molecule has 9 nitrogen and oxygen atoms in total. The average Bonchev–Trinajstić information content (AvgIpc) is 2.85. The van der Waals surface area contributed by atoms with E-state index in [1.54, 1.807) is 45.0 Å². The van der Waals surface area contributed by atoms with Crippen molar-refractivity contribution < 1.29 is 23.9 Å². The summed E-state index contributed by atoms with van der Waals surface area (Å²) in [7, 11) is 0. The van der Waals surface area contributed by atoms with E-state index in [0.717, 1.165) is 11.1 Å². The quantitative estimate of drug-likeness (QED) is 0.391. The molecule has 0 bridgehead atoms. The molecule has 2 atom stereocenters. The third-order valence-corrected chi connectivity index (χ3v) is 5.47. The van der Waals surface area contributed by atoms with Crippen LogP contribution >= 0.6 is 0 Å². The first-order valence-electron chi connectivity index (χ1n) is 12.6. The standard InChI is InChI=1S/C29H38N4O5/c1-6-16-33(27(36)23(18-24(30)34)32-28(37)38-29(3,4)5)25(22-15-11-14-20(7-2)17-22)26(35)31-19-21-12-9-8-10-13-21/h7-15,17,23,25H,2,6,16,18-19H2,1,3-5H3,(H2,30,34)(H,31,35)(H,32,37). The zero-order chi connectivity index (χ0) is 28.3. The van der Waals surface area contributed by atoms with E-state index in [1.807, 2.05) is 43.3 Å². The van der Waals surface area contributed by atoms with Crippen LogP contribution in [0.5, 0.6) is 0 Å².